The van der Waals surface area contributed by atoms with Gasteiger partial charge in [0, 0.05) is 0 Å². The van der Waals surface area contributed by atoms with Gasteiger partial charge < -0.3 is 0 Å². The van der Waals surface area contributed by atoms with Crippen molar-refractivity contribution in [2.45, 2.75) is 91.9 Å². The van der Waals surface area contributed by atoms with Crippen LogP contribution in [0.4, 0.5) is 0 Å². The molecule has 4 aliphatic carbocycles. The Bertz CT molecular complexity index is 787. The standard InChI is InChI=1S/C29H42/c1-20-9-5-6-10-22(20)19-21(2)25-14-15-26-24-13-12-23-11-7-8-17-28(23,3)27(24)16-18-29(25,26)4/h5-6,9-10,12,21,24-27H,7-8,11,13-19H2,1-4H3. The van der Waals surface area contributed by atoms with Crippen molar-refractivity contribution in [3.05, 3.63) is 47.0 Å². The summed E-state index contributed by atoms with van der Waals surface area (Å²) in [5, 5.41) is 0. The Hall–Kier alpha value is -1.04. The third-order valence-electron chi connectivity index (χ3n) is 10.6. The Morgan fingerprint density at radius 3 is 2.66 bits per heavy atom. The van der Waals surface area contributed by atoms with Crippen LogP contribution in [-0.4, -0.2) is 0 Å². The number of benzene rings is 1. The highest BCUT2D eigenvalue weighted by Gasteiger charge is 2.58. The van der Waals surface area contributed by atoms with E-state index in [2.05, 4.69) is 58.0 Å². The monoisotopic (exact) mass is 390 g/mol. The number of hydrogen-bond acceptors (Lipinski definition) is 0. The molecule has 0 heterocycles. The molecular formula is C29H42. The third-order valence-corrected chi connectivity index (χ3v) is 10.6. The molecule has 3 fully saturated rings. The fraction of sp³-hybridized carbons (Fsp3) is 0.724. The van der Waals surface area contributed by atoms with Gasteiger partial charge in [-0.3, -0.25) is 0 Å². The first kappa shape index (κ1) is 19.9. The third kappa shape index (κ3) is 3.07. The maximum absolute atomic E-state index is 2.73. The van der Waals surface area contributed by atoms with Crippen molar-refractivity contribution in [3.8, 4) is 0 Å². The first-order valence-electron chi connectivity index (χ1n) is 12.7. The van der Waals surface area contributed by atoms with Crippen molar-refractivity contribution in [2.75, 3.05) is 0 Å². The van der Waals surface area contributed by atoms with Gasteiger partial charge in [-0.05, 0) is 116 Å². The average Bonchev–Trinajstić information content (AvgIpc) is 3.06. The van der Waals surface area contributed by atoms with E-state index in [-0.39, 0.29) is 0 Å². The largest absolute Gasteiger partial charge is 0.0845 e. The van der Waals surface area contributed by atoms with E-state index in [0.717, 1.165) is 29.6 Å². The number of aryl methyl sites for hydroxylation is 1. The summed E-state index contributed by atoms with van der Waals surface area (Å²) < 4.78 is 0. The summed E-state index contributed by atoms with van der Waals surface area (Å²) in [4.78, 5) is 0. The summed E-state index contributed by atoms with van der Waals surface area (Å²) in [6, 6.07) is 9.09. The zero-order valence-corrected chi connectivity index (χ0v) is 19.3. The van der Waals surface area contributed by atoms with Gasteiger partial charge in [-0.2, -0.15) is 0 Å². The minimum Gasteiger partial charge on any atom is -0.0845 e. The van der Waals surface area contributed by atoms with Crippen molar-refractivity contribution in [1.82, 2.24) is 0 Å². The molecule has 29 heavy (non-hydrogen) atoms. The number of hydrogen-bond donors (Lipinski definition) is 0. The SMILES string of the molecule is Cc1ccccc1CC(C)C1CCC2C3CC=C4CCCCC4(C)C3CCC12C. The van der Waals surface area contributed by atoms with Gasteiger partial charge in [-0.25, -0.2) is 0 Å². The molecule has 158 valence electrons. The second-order valence-corrected chi connectivity index (χ2v) is 11.8. The Labute approximate surface area is 179 Å². The van der Waals surface area contributed by atoms with E-state index < -0.39 is 0 Å². The molecule has 0 spiro atoms. The van der Waals surface area contributed by atoms with Gasteiger partial charge in [0.25, 0.3) is 0 Å². The molecule has 0 amide bonds. The minimum absolute atomic E-state index is 0.549. The van der Waals surface area contributed by atoms with Gasteiger partial charge in [0.1, 0.15) is 0 Å². The molecule has 0 bridgehead atoms. The summed E-state index contributed by atoms with van der Waals surface area (Å²) in [7, 11) is 0. The molecule has 0 N–H and O–H groups in total. The highest BCUT2D eigenvalue weighted by atomic mass is 14.6. The molecule has 7 atom stereocenters. The molecule has 0 radical (unpaired) electrons. The lowest BCUT2D eigenvalue weighted by atomic mass is 9.47. The summed E-state index contributed by atoms with van der Waals surface area (Å²) in [5.74, 6) is 4.64. The average molecular weight is 391 g/mol. The molecule has 0 nitrogen and oxygen atoms in total. The predicted molar refractivity (Wildman–Crippen MR) is 124 cm³/mol. The topological polar surface area (TPSA) is 0 Å². The fourth-order valence-corrected chi connectivity index (χ4v) is 9.00. The molecule has 0 saturated heterocycles. The summed E-state index contributed by atoms with van der Waals surface area (Å²) >= 11 is 0. The highest BCUT2D eigenvalue weighted by molar-refractivity contribution is 5.27. The molecular weight excluding hydrogens is 348 g/mol. The normalized spacial score (nSPS) is 42.4. The number of fused-ring (bicyclic) bond motifs is 5. The maximum Gasteiger partial charge on any atom is -0.00853 e. The van der Waals surface area contributed by atoms with Crippen molar-refractivity contribution in [2.24, 2.45) is 40.4 Å². The quantitative estimate of drug-likeness (QED) is 0.457. The second kappa shape index (κ2) is 7.28. The van der Waals surface area contributed by atoms with Crippen LogP contribution in [0.2, 0.25) is 0 Å². The maximum atomic E-state index is 2.73. The molecule has 0 aromatic heterocycles. The smallest absolute Gasteiger partial charge is 0.00853 e. The Balaban J connectivity index is 1.38. The van der Waals surface area contributed by atoms with Crippen LogP contribution in [0, 0.1) is 47.3 Å². The van der Waals surface area contributed by atoms with Crippen LogP contribution in [-0.2, 0) is 6.42 Å². The van der Waals surface area contributed by atoms with Crippen LogP contribution in [0.15, 0.2) is 35.9 Å². The Kier molecular flexibility index (Phi) is 4.99. The van der Waals surface area contributed by atoms with Gasteiger partial charge in [0.15, 0.2) is 0 Å². The fourth-order valence-electron chi connectivity index (χ4n) is 9.00. The molecule has 5 rings (SSSR count). The Morgan fingerprint density at radius 2 is 1.83 bits per heavy atom. The highest BCUT2D eigenvalue weighted by Crippen LogP contribution is 2.67. The lowest BCUT2D eigenvalue weighted by molar-refractivity contribution is -0.0492. The van der Waals surface area contributed by atoms with Gasteiger partial charge >= 0.3 is 0 Å². The molecule has 7 unspecified atom stereocenters. The van der Waals surface area contributed by atoms with Crippen molar-refractivity contribution in [1.29, 1.82) is 0 Å². The molecule has 3 saturated carbocycles. The van der Waals surface area contributed by atoms with E-state index in [9.17, 15) is 0 Å². The van der Waals surface area contributed by atoms with Crippen LogP contribution in [0.1, 0.15) is 89.7 Å². The number of rotatable bonds is 3. The summed E-state index contributed by atoms with van der Waals surface area (Å²) in [6.07, 6.45) is 17.1. The van der Waals surface area contributed by atoms with Gasteiger partial charge in [0.2, 0.25) is 0 Å². The molecule has 1 aromatic rings. The van der Waals surface area contributed by atoms with Crippen LogP contribution in [0.25, 0.3) is 0 Å². The molecule has 0 aliphatic heterocycles. The van der Waals surface area contributed by atoms with Crippen molar-refractivity contribution in [3.63, 3.8) is 0 Å². The van der Waals surface area contributed by atoms with E-state index in [1.165, 1.54) is 69.8 Å². The zero-order chi connectivity index (χ0) is 20.2. The van der Waals surface area contributed by atoms with E-state index in [1.54, 1.807) is 5.56 Å². The predicted octanol–water partition coefficient (Wildman–Crippen LogP) is 8.14. The zero-order valence-electron chi connectivity index (χ0n) is 19.3. The van der Waals surface area contributed by atoms with E-state index in [1.807, 2.05) is 5.57 Å². The lowest BCUT2D eigenvalue weighted by Crippen LogP contribution is -2.50. The molecule has 0 heteroatoms. The van der Waals surface area contributed by atoms with Crippen LogP contribution in [0.5, 0.6) is 0 Å². The van der Waals surface area contributed by atoms with E-state index in [0.29, 0.717) is 10.8 Å². The second-order valence-electron chi connectivity index (χ2n) is 11.8. The lowest BCUT2D eigenvalue weighted by Gasteiger charge is -2.58. The molecule has 1 aromatic carbocycles. The van der Waals surface area contributed by atoms with Crippen LogP contribution >= 0.6 is 0 Å². The van der Waals surface area contributed by atoms with Crippen molar-refractivity contribution < 1.29 is 0 Å². The van der Waals surface area contributed by atoms with E-state index >= 15 is 0 Å². The minimum atomic E-state index is 0.549. The van der Waals surface area contributed by atoms with Gasteiger partial charge in [-0.15, -0.1) is 0 Å². The van der Waals surface area contributed by atoms with Gasteiger partial charge in [-0.1, -0.05) is 63.1 Å². The first-order valence-corrected chi connectivity index (χ1v) is 12.7. The van der Waals surface area contributed by atoms with Crippen LogP contribution in [0.3, 0.4) is 0 Å². The first-order chi connectivity index (χ1) is 13.9. The summed E-state index contributed by atoms with van der Waals surface area (Å²) in [6.45, 7) is 10.2. The summed E-state index contributed by atoms with van der Waals surface area (Å²) in [5.41, 5.74) is 6.06. The molecule has 4 aliphatic rings. The van der Waals surface area contributed by atoms with E-state index in [4.69, 9.17) is 0 Å². The van der Waals surface area contributed by atoms with Gasteiger partial charge in [0.05, 0.1) is 0 Å². The number of allylic oxidation sites excluding steroid dienone is 2. The van der Waals surface area contributed by atoms with Crippen molar-refractivity contribution >= 4 is 0 Å². The van der Waals surface area contributed by atoms with Crippen LogP contribution < -0.4 is 0 Å². The Morgan fingerprint density at radius 1 is 1.00 bits per heavy atom.